The number of pyridine rings is 1. The smallest absolute Gasteiger partial charge is 0.392 e. The Morgan fingerprint density at radius 2 is 1.84 bits per heavy atom. The molecule has 1 fully saturated rings. The van der Waals surface area contributed by atoms with E-state index in [2.05, 4.69) is 14.7 Å². The Bertz CT molecular complexity index is 1680. The molecular formula is C24H18ClF3N4O4S. The molecule has 4 aromatic rings. The quantitative estimate of drug-likeness (QED) is 0.366. The molecule has 0 bridgehead atoms. The molecule has 2 aromatic carbocycles. The van der Waals surface area contributed by atoms with Gasteiger partial charge in [-0.05, 0) is 60.4 Å². The molecule has 0 aliphatic heterocycles. The highest BCUT2D eigenvalue weighted by Crippen LogP contribution is 2.58. The van der Waals surface area contributed by atoms with Crippen LogP contribution in [0.2, 0.25) is 5.02 Å². The van der Waals surface area contributed by atoms with Crippen LogP contribution in [0, 0.1) is 5.92 Å². The van der Waals surface area contributed by atoms with Crippen molar-refractivity contribution >= 4 is 38.5 Å². The Labute approximate surface area is 213 Å². The number of nitrogens with zero attached hydrogens (tertiary/aromatic N) is 3. The second kappa shape index (κ2) is 9.03. The molecule has 0 saturated heterocycles. The van der Waals surface area contributed by atoms with Crippen LogP contribution in [0.4, 0.5) is 19.1 Å². The van der Waals surface area contributed by atoms with Gasteiger partial charge in [0, 0.05) is 28.9 Å². The van der Waals surface area contributed by atoms with E-state index in [-0.39, 0.29) is 33.7 Å². The molecule has 2 atom stereocenters. The van der Waals surface area contributed by atoms with Gasteiger partial charge in [-0.25, -0.2) is 23.1 Å². The number of ether oxygens (including phenoxy) is 1. The fourth-order valence-corrected chi connectivity index (χ4v) is 5.54. The molecule has 1 aliphatic carbocycles. The fraction of sp³-hybridized carbons (Fsp3) is 0.208. The number of rotatable bonds is 6. The number of aromatic nitrogens is 3. The highest BCUT2D eigenvalue weighted by atomic mass is 35.5. The van der Waals surface area contributed by atoms with E-state index in [1.165, 1.54) is 66.5 Å². The van der Waals surface area contributed by atoms with Crippen LogP contribution in [0.1, 0.15) is 17.9 Å². The van der Waals surface area contributed by atoms with Crippen LogP contribution < -0.4 is 15.0 Å². The van der Waals surface area contributed by atoms with E-state index in [1.807, 2.05) is 0 Å². The minimum atomic E-state index is -4.33. The summed E-state index contributed by atoms with van der Waals surface area (Å²) in [6, 6.07) is 11.2. The Hall–Kier alpha value is -3.64. The maximum atomic E-state index is 13.1. The molecule has 0 spiro atoms. The van der Waals surface area contributed by atoms with Crippen molar-refractivity contribution in [3.8, 4) is 11.4 Å². The van der Waals surface area contributed by atoms with Crippen LogP contribution >= 0.6 is 11.6 Å². The number of halogens is 4. The predicted molar refractivity (Wildman–Crippen MR) is 131 cm³/mol. The lowest BCUT2D eigenvalue weighted by molar-refractivity contribution is -0.148. The molecule has 1 N–H and O–H groups in total. The number of nitrogens with one attached hydrogen (secondary N) is 1. The Balaban J connectivity index is 1.58. The highest BCUT2D eigenvalue weighted by Gasteiger charge is 2.56. The van der Waals surface area contributed by atoms with Gasteiger partial charge in [-0.1, -0.05) is 11.6 Å². The van der Waals surface area contributed by atoms with E-state index in [4.69, 9.17) is 16.3 Å². The average molecular weight is 551 g/mol. The summed E-state index contributed by atoms with van der Waals surface area (Å²) in [7, 11) is -2.70. The Morgan fingerprint density at radius 3 is 2.49 bits per heavy atom. The van der Waals surface area contributed by atoms with Gasteiger partial charge in [-0.15, -0.1) is 0 Å². The zero-order valence-corrected chi connectivity index (χ0v) is 20.6. The first kappa shape index (κ1) is 25.0. The molecule has 2 aromatic heterocycles. The molecule has 192 valence electrons. The lowest BCUT2D eigenvalue weighted by Crippen LogP contribution is -2.19. The fourth-order valence-electron chi connectivity index (χ4n) is 4.25. The summed E-state index contributed by atoms with van der Waals surface area (Å²) >= 11 is 6.39. The van der Waals surface area contributed by atoms with Crippen LogP contribution in [0.25, 0.3) is 16.6 Å². The van der Waals surface area contributed by atoms with E-state index in [1.54, 1.807) is 6.07 Å². The maximum Gasteiger partial charge on any atom is 0.392 e. The van der Waals surface area contributed by atoms with Gasteiger partial charge in [0.05, 0.1) is 29.1 Å². The Morgan fingerprint density at radius 1 is 1.11 bits per heavy atom. The zero-order chi connectivity index (χ0) is 26.5. The summed E-state index contributed by atoms with van der Waals surface area (Å²) in [5, 5.41) is 0.473. The van der Waals surface area contributed by atoms with E-state index in [0.29, 0.717) is 16.5 Å². The number of hydrogen-bond donors (Lipinski definition) is 1. The second-order valence-electron chi connectivity index (χ2n) is 8.44. The maximum absolute atomic E-state index is 13.1. The summed E-state index contributed by atoms with van der Waals surface area (Å²) in [6.45, 7) is 0. The highest BCUT2D eigenvalue weighted by molar-refractivity contribution is 7.92. The van der Waals surface area contributed by atoms with Gasteiger partial charge in [0.2, 0.25) is 5.95 Å². The van der Waals surface area contributed by atoms with Crippen molar-refractivity contribution in [1.29, 1.82) is 0 Å². The third-order valence-corrected chi connectivity index (χ3v) is 7.77. The first-order chi connectivity index (χ1) is 17.5. The molecule has 5 rings (SSSR count). The van der Waals surface area contributed by atoms with Gasteiger partial charge in [0.25, 0.3) is 15.6 Å². The van der Waals surface area contributed by atoms with E-state index in [0.717, 1.165) is 0 Å². The minimum Gasteiger partial charge on any atom is -0.495 e. The minimum absolute atomic E-state index is 0.0702. The molecule has 0 unspecified atom stereocenters. The van der Waals surface area contributed by atoms with E-state index in [9.17, 15) is 26.4 Å². The molecular weight excluding hydrogens is 533 g/mol. The van der Waals surface area contributed by atoms with Gasteiger partial charge in [-0.2, -0.15) is 13.2 Å². The number of benzene rings is 2. The van der Waals surface area contributed by atoms with Crippen LogP contribution in [0.3, 0.4) is 0 Å². The van der Waals surface area contributed by atoms with Crippen molar-refractivity contribution in [2.24, 2.45) is 5.92 Å². The van der Waals surface area contributed by atoms with Crippen molar-refractivity contribution in [2.75, 3.05) is 11.8 Å². The first-order valence-corrected chi connectivity index (χ1v) is 12.8. The van der Waals surface area contributed by atoms with E-state index >= 15 is 0 Å². The first-order valence-electron chi connectivity index (χ1n) is 10.9. The number of hydrogen-bond acceptors (Lipinski definition) is 6. The molecule has 0 amide bonds. The van der Waals surface area contributed by atoms with Crippen molar-refractivity contribution in [3.63, 3.8) is 0 Å². The van der Waals surface area contributed by atoms with Crippen LogP contribution in [-0.4, -0.2) is 36.2 Å². The van der Waals surface area contributed by atoms with Gasteiger partial charge >= 0.3 is 6.18 Å². The standard InChI is InChI=1S/C24H18ClF3N4O4S/c1-36-21-11-16(15-10-17(15)24(26,27)28)18(25)12-20(21)32-19-5-4-14(9-13(19)3-6-22(32)33)37(34,35)31-23-29-7-2-8-30-23/h2-9,11-12,15,17H,10H2,1H3,(H,29,30,31)/t15-,17+/m1/s1. The molecule has 13 heteroatoms. The third-order valence-electron chi connectivity index (χ3n) is 6.12. The van der Waals surface area contributed by atoms with Crippen molar-refractivity contribution < 1.29 is 26.3 Å². The lowest BCUT2D eigenvalue weighted by atomic mass is 10.1. The Kier molecular flexibility index (Phi) is 6.11. The number of methoxy groups -OCH3 is 1. The number of alkyl halides is 3. The summed E-state index contributed by atoms with van der Waals surface area (Å²) in [6.07, 6.45) is -1.62. The van der Waals surface area contributed by atoms with Gasteiger partial charge in [-0.3, -0.25) is 9.36 Å². The molecule has 1 aliphatic rings. The van der Waals surface area contributed by atoms with Gasteiger partial charge < -0.3 is 4.74 Å². The summed E-state index contributed by atoms with van der Waals surface area (Å²) in [5.74, 6) is -2.21. The van der Waals surface area contributed by atoms with E-state index < -0.39 is 33.6 Å². The van der Waals surface area contributed by atoms with Gasteiger partial charge in [0.15, 0.2) is 0 Å². The number of sulfonamides is 1. The summed E-state index contributed by atoms with van der Waals surface area (Å²) < 4.78 is 74.0. The lowest BCUT2D eigenvalue weighted by Gasteiger charge is -2.17. The van der Waals surface area contributed by atoms with Crippen LogP contribution in [0.5, 0.6) is 5.75 Å². The van der Waals surface area contributed by atoms with Crippen LogP contribution in [-0.2, 0) is 10.0 Å². The largest absolute Gasteiger partial charge is 0.495 e. The zero-order valence-electron chi connectivity index (χ0n) is 19.0. The normalized spacial score (nSPS) is 17.5. The molecule has 8 nitrogen and oxygen atoms in total. The SMILES string of the molecule is COc1cc([C@H]2C[C@@H]2C(F)(F)F)c(Cl)cc1-n1c(=O)ccc2cc(S(=O)(=O)Nc3ncccn3)ccc21. The average Bonchev–Trinajstić information content (AvgIpc) is 3.65. The monoisotopic (exact) mass is 550 g/mol. The molecule has 1 saturated carbocycles. The second-order valence-corrected chi connectivity index (χ2v) is 10.5. The van der Waals surface area contributed by atoms with Crippen LogP contribution in [0.15, 0.2) is 70.6 Å². The molecule has 37 heavy (non-hydrogen) atoms. The van der Waals surface area contributed by atoms with Crippen molar-refractivity contribution in [3.05, 3.63) is 81.9 Å². The summed E-state index contributed by atoms with van der Waals surface area (Å²) in [5.41, 5.74) is 0.368. The van der Waals surface area contributed by atoms with Gasteiger partial charge in [0.1, 0.15) is 5.75 Å². The number of anilines is 1. The number of fused-ring (bicyclic) bond motifs is 1. The van der Waals surface area contributed by atoms with Crippen molar-refractivity contribution in [2.45, 2.75) is 23.4 Å². The predicted octanol–water partition coefficient (Wildman–Crippen LogP) is 4.91. The summed E-state index contributed by atoms with van der Waals surface area (Å²) in [4.78, 5) is 20.5. The molecule has 0 radical (unpaired) electrons. The molecule has 2 heterocycles. The van der Waals surface area contributed by atoms with Crippen molar-refractivity contribution in [1.82, 2.24) is 14.5 Å². The third kappa shape index (κ3) is 4.74. The topological polar surface area (TPSA) is 103 Å².